The third kappa shape index (κ3) is 5.13. The Balaban J connectivity index is 1.66. The lowest BCUT2D eigenvalue weighted by atomic mass is 10.2. The number of rotatable bonds is 8. The summed E-state index contributed by atoms with van der Waals surface area (Å²) in [6.07, 6.45) is 1.34. The third-order valence-corrected chi connectivity index (χ3v) is 4.14. The second-order valence-corrected chi connectivity index (χ2v) is 6.02. The fraction of sp³-hybridized carbons (Fsp3) is 0.190. The van der Waals surface area contributed by atoms with Gasteiger partial charge in [0.2, 0.25) is 0 Å². The summed E-state index contributed by atoms with van der Waals surface area (Å²) in [5.74, 6) is 2.15. The molecule has 0 bridgehead atoms. The molecule has 8 nitrogen and oxygen atoms in total. The van der Waals surface area contributed by atoms with E-state index in [0.29, 0.717) is 23.9 Å². The number of carbonyl (C=O) groups is 1. The Bertz CT molecular complexity index is 994. The smallest absolute Gasteiger partial charge is 0.270 e. The fourth-order valence-corrected chi connectivity index (χ4v) is 2.66. The molecule has 3 rings (SSSR count). The van der Waals surface area contributed by atoms with Gasteiger partial charge in [0.05, 0.1) is 21.3 Å². The summed E-state index contributed by atoms with van der Waals surface area (Å²) < 4.78 is 15.7. The molecule has 2 aromatic carbocycles. The summed E-state index contributed by atoms with van der Waals surface area (Å²) >= 11 is 0. The first-order chi connectivity index (χ1) is 14.1. The van der Waals surface area contributed by atoms with E-state index < -0.39 is 0 Å². The number of ether oxygens (including phenoxy) is 3. The molecule has 0 saturated carbocycles. The minimum Gasteiger partial charge on any atom is -0.497 e. The maximum atomic E-state index is 12.5. The van der Waals surface area contributed by atoms with Crippen LogP contribution in [0.15, 0.2) is 54.9 Å². The number of methoxy groups -OCH3 is 3. The molecule has 0 spiro atoms. The van der Waals surface area contributed by atoms with E-state index in [0.717, 1.165) is 17.0 Å². The number of carbonyl (C=O) groups excluding carboxylic acids is 1. The molecule has 3 aromatic rings. The van der Waals surface area contributed by atoms with Crippen molar-refractivity contribution in [3.05, 3.63) is 66.1 Å². The lowest BCUT2D eigenvalue weighted by Gasteiger charge is -2.11. The van der Waals surface area contributed by atoms with Gasteiger partial charge < -0.3 is 24.8 Å². The average molecular weight is 394 g/mol. The van der Waals surface area contributed by atoms with Gasteiger partial charge >= 0.3 is 0 Å². The Morgan fingerprint density at radius 1 is 0.931 bits per heavy atom. The first-order valence-corrected chi connectivity index (χ1v) is 8.85. The van der Waals surface area contributed by atoms with Gasteiger partial charge in [-0.15, -0.1) is 0 Å². The number of benzene rings is 2. The molecule has 8 heteroatoms. The Labute approximate surface area is 168 Å². The van der Waals surface area contributed by atoms with Gasteiger partial charge in [-0.1, -0.05) is 12.1 Å². The van der Waals surface area contributed by atoms with E-state index in [4.69, 9.17) is 14.2 Å². The molecular weight excluding hydrogens is 372 g/mol. The SMILES string of the molecule is COc1cccc(Nc2cc(C(=O)NCc3ccc(OC)c(OC)c3)ncn2)c1. The van der Waals surface area contributed by atoms with E-state index in [2.05, 4.69) is 20.6 Å². The number of nitrogens with one attached hydrogen (secondary N) is 2. The molecule has 0 fully saturated rings. The van der Waals surface area contributed by atoms with Crippen molar-refractivity contribution >= 4 is 17.4 Å². The van der Waals surface area contributed by atoms with Crippen molar-refractivity contribution in [1.29, 1.82) is 0 Å². The van der Waals surface area contributed by atoms with Crippen LogP contribution in [-0.4, -0.2) is 37.2 Å². The molecule has 0 unspecified atom stereocenters. The summed E-state index contributed by atoms with van der Waals surface area (Å²) in [5.41, 5.74) is 1.92. The first-order valence-electron chi connectivity index (χ1n) is 8.85. The number of hydrogen-bond acceptors (Lipinski definition) is 7. The number of anilines is 2. The van der Waals surface area contributed by atoms with Crippen molar-refractivity contribution in [3.8, 4) is 17.2 Å². The molecule has 0 aliphatic carbocycles. The molecule has 0 radical (unpaired) electrons. The second-order valence-electron chi connectivity index (χ2n) is 6.02. The van der Waals surface area contributed by atoms with E-state index in [9.17, 15) is 4.79 Å². The molecule has 0 saturated heterocycles. The van der Waals surface area contributed by atoms with Crippen molar-refractivity contribution in [2.75, 3.05) is 26.6 Å². The molecular formula is C21H22N4O4. The van der Waals surface area contributed by atoms with Gasteiger partial charge in [-0.2, -0.15) is 0 Å². The van der Waals surface area contributed by atoms with E-state index in [1.165, 1.54) is 6.33 Å². The quantitative estimate of drug-likeness (QED) is 0.606. The molecule has 2 N–H and O–H groups in total. The molecule has 1 aromatic heterocycles. The highest BCUT2D eigenvalue weighted by Gasteiger charge is 2.10. The van der Waals surface area contributed by atoms with Crippen molar-refractivity contribution in [3.63, 3.8) is 0 Å². The summed E-state index contributed by atoms with van der Waals surface area (Å²) in [6, 6.07) is 14.5. The zero-order valence-electron chi connectivity index (χ0n) is 16.4. The minimum absolute atomic E-state index is 0.255. The van der Waals surface area contributed by atoms with Gasteiger partial charge in [-0.05, 0) is 29.8 Å². The molecule has 29 heavy (non-hydrogen) atoms. The Morgan fingerprint density at radius 3 is 2.52 bits per heavy atom. The number of hydrogen-bond donors (Lipinski definition) is 2. The van der Waals surface area contributed by atoms with Crippen LogP contribution in [0.4, 0.5) is 11.5 Å². The van der Waals surface area contributed by atoms with Crippen LogP contribution in [0.2, 0.25) is 0 Å². The third-order valence-electron chi connectivity index (χ3n) is 4.14. The predicted octanol–water partition coefficient (Wildman–Crippen LogP) is 3.18. The predicted molar refractivity (Wildman–Crippen MR) is 109 cm³/mol. The normalized spacial score (nSPS) is 10.2. The summed E-state index contributed by atoms with van der Waals surface area (Å²) in [5, 5.41) is 5.97. The van der Waals surface area contributed by atoms with Crippen LogP contribution in [0, 0.1) is 0 Å². The lowest BCUT2D eigenvalue weighted by molar-refractivity contribution is 0.0945. The van der Waals surface area contributed by atoms with Gasteiger partial charge in [-0.3, -0.25) is 4.79 Å². The first kappa shape index (κ1) is 19.9. The maximum Gasteiger partial charge on any atom is 0.270 e. The molecule has 0 aliphatic rings. The zero-order valence-corrected chi connectivity index (χ0v) is 16.4. The lowest BCUT2D eigenvalue weighted by Crippen LogP contribution is -2.24. The molecule has 0 aliphatic heterocycles. The van der Waals surface area contributed by atoms with Crippen LogP contribution < -0.4 is 24.8 Å². The average Bonchev–Trinajstić information content (AvgIpc) is 2.77. The summed E-state index contributed by atoms with van der Waals surface area (Å²) in [7, 11) is 4.74. The van der Waals surface area contributed by atoms with Crippen LogP contribution in [0.3, 0.4) is 0 Å². The Kier molecular flexibility index (Phi) is 6.47. The number of nitrogens with zero attached hydrogens (tertiary/aromatic N) is 2. The molecule has 1 amide bonds. The summed E-state index contributed by atoms with van der Waals surface area (Å²) in [4.78, 5) is 20.7. The maximum absolute atomic E-state index is 12.5. The Hall–Kier alpha value is -3.81. The van der Waals surface area contributed by atoms with Crippen molar-refractivity contribution < 1.29 is 19.0 Å². The highest BCUT2D eigenvalue weighted by molar-refractivity contribution is 5.92. The van der Waals surface area contributed by atoms with E-state index >= 15 is 0 Å². The van der Waals surface area contributed by atoms with Crippen LogP contribution in [0.1, 0.15) is 16.1 Å². The monoisotopic (exact) mass is 394 g/mol. The highest BCUT2D eigenvalue weighted by Crippen LogP contribution is 2.27. The molecule has 1 heterocycles. The van der Waals surface area contributed by atoms with Crippen molar-refractivity contribution in [1.82, 2.24) is 15.3 Å². The van der Waals surface area contributed by atoms with Gasteiger partial charge in [0, 0.05) is 24.4 Å². The topological polar surface area (TPSA) is 94.6 Å². The van der Waals surface area contributed by atoms with E-state index in [1.807, 2.05) is 36.4 Å². The van der Waals surface area contributed by atoms with Gasteiger partial charge in [0.1, 0.15) is 23.6 Å². The summed E-state index contributed by atoms with van der Waals surface area (Å²) in [6.45, 7) is 0.321. The van der Waals surface area contributed by atoms with Gasteiger partial charge in [0.25, 0.3) is 5.91 Å². The van der Waals surface area contributed by atoms with Crippen LogP contribution >= 0.6 is 0 Å². The highest BCUT2D eigenvalue weighted by atomic mass is 16.5. The van der Waals surface area contributed by atoms with Crippen molar-refractivity contribution in [2.24, 2.45) is 0 Å². The van der Waals surface area contributed by atoms with Gasteiger partial charge in [0.15, 0.2) is 11.5 Å². The van der Waals surface area contributed by atoms with Crippen molar-refractivity contribution in [2.45, 2.75) is 6.54 Å². The largest absolute Gasteiger partial charge is 0.497 e. The number of amides is 1. The number of aromatic nitrogens is 2. The fourth-order valence-electron chi connectivity index (χ4n) is 2.66. The van der Waals surface area contributed by atoms with E-state index in [1.54, 1.807) is 33.5 Å². The van der Waals surface area contributed by atoms with Crippen LogP contribution in [-0.2, 0) is 6.54 Å². The zero-order chi connectivity index (χ0) is 20.6. The second kappa shape index (κ2) is 9.41. The molecule has 0 atom stereocenters. The standard InChI is InChI=1S/C21H22N4O4/c1-27-16-6-4-5-15(10-16)25-20-11-17(23-13-24-20)21(26)22-12-14-7-8-18(28-2)19(9-14)29-3/h4-11,13H,12H2,1-3H3,(H,22,26)(H,23,24,25). The van der Waals surface area contributed by atoms with E-state index in [-0.39, 0.29) is 11.6 Å². The van der Waals surface area contributed by atoms with Crippen LogP contribution in [0.5, 0.6) is 17.2 Å². The minimum atomic E-state index is -0.309. The van der Waals surface area contributed by atoms with Gasteiger partial charge in [-0.25, -0.2) is 9.97 Å². The molecule has 150 valence electrons. The van der Waals surface area contributed by atoms with Crippen LogP contribution in [0.25, 0.3) is 0 Å². The Morgan fingerprint density at radius 2 is 1.76 bits per heavy atom.